The average molecular weight is 381 g/mol. The van der Waals surface area contributed by atoms with Gasteiger partial charge in [-0.15, -0.1) is 0 Å². The average Bonchev–Trinajstić information content (AvgIpc) is 2.94. The maximum atomic E-state index is 12.5. The summed E-state index contributed by atoms with van der Waals surface area (Å²) in [6, 6.07) is 9.42. The van der Waals surface area contributed by atoms with E-state index in [4.69, 9.17) is 11.6 Å². The second kappa shape index (κ2) is 7.70. The third-order valence-corrected chi connectivity index (χ3v) is 6.23. The molecule has 2 aromatic rings. The first kappa shape index (κ1) is 18.1. The van der Waals surface area contributed by atoms with Crippen molar-refractivity contribution in [1.82, 2.24) is 18.8 Å². The monoisotopic (exact) mass is 380 g/mol. The van der Waals surface area contributed by atoms with Crippen LogP contribution in [0.3, 0.4) is 0 Å². The highest BCUT2D eigenvalue weighted by Gasteiger charge is 2.25. The zero-order chi connectivity index (χ0) is 17.9. The van der Waals surface area contributed by atoms with E-state index in [1.807, 2.05) is 41.9 Å². The molecule has 1 aromatic heterocycles. The summed E-state index contributed by atoms with van der Waals surface area (Å²) in [4.78, 5) is 6.47. The fourth-order valence-corrected chi connectivity index (χ4v) is 4.05. The Morgan fingerprint density at radius 3 is 2.44 bits per heavy atom. The van der Waals surface area contributed by atoms with Crippen molar-refractivity contribution >= 4 is 27.7 Å². The molecule has 0 amide bonds. The molecule has 25 heavy (non-hydrogen) atoms. The molecular formula is C17H21ClN4O2S. The summed E-state index contributed by atoms with van der Waals surface area (Å²) in [7, 11) is -1.52. The van der Waals surface area contributed by atoms with Crippen molar-refractivity contribution in [3.05, 3.63) is 58.5 Å². The van der Waals surface area contributed by atoms with Gasteiger partial charge in [-0.25, -0.2) is 13.4 Å². The van der Waals surface area contributed by atoms with Crippen molar-refractivity contribution in [2.75, 3.05) is 26.2 Å². The zero-order valence-corrected chi connectivity index (χ0v) is 15.6. The molecule has 0 bridgehead atoms. The first-order valence-corrected chi connectivity index (χ1v) is 9.95. The van der Waals surface area contributed by atoms with E-state index < -0.39 is 10.0 Å². The first-order chi connectivity index (χ1) is 12.0. The smallest absolute Gasteiger partial charge is 0.236 e. The summed E-state index contributed by atoms with van der Waals surface area (Å²) >= 11 is 6.00. The summed E-state index contributed by atoms with van der Waals surface area (Å²) in [5.41, 5.74) is 0.872. The number of halogens is 1. The van der Waals surface area contributed by atoms with Crippen LogP contribution in [0, 0.1) is 0 Å². The van der Waals surface area contributed by atoms with Gasteiger partial charge >= 0.3 is 0 Å². The summed E-state index contributed by atoms with van der Waals surface area (Å²) in [5, 5.41) is 1.89. The van der Waals surface area contributed by atoms with Crippen LogP contribution in [-0.4, -0.2) is 53.4 Å². The second-order valence-electron chi connectivity index (χ2n) is 5.99. The van der Waals surface area contributed by atoms with Crippen LogP contribution in [0.5, 0.6) is 0 Å². The van der Waals surface area contributed by atoms with E-state index in [0.29, 0.717) is 37.9 Å². The second-order valence-corrected chi connectivity index (χ2v) is 8.20. The summed E-state index contributed by atoms with van der Waals surface area (Å²) < 4.78 is 28.3. The van der Waals surface area contributed by atoms with Crippen LogP contribution < -0.4 is 0 Å². The van der Waals surface area contributed by atoms with E-state index >= 15 is 0 Å². The zero-order valence-electron chi connectivity index (χ0n) is 14.0. The number of hydrogen-bond acceptors (Lipinski definition) is 4. The van der Waals surface area contributed by atoms with E-state index in [-0.39, 0.29) is 0 Å². The predicted octanol–water partition coefficient (Wildman–Crippen LogP) is 2.19. The number of benzene rings is 1. The predicted molar refractivity (Wildman–Crippen MR) is 99.5 cm³/mol. The van der Waals surface area contributed by atoms with Gasteiger partial charge in [-0.3, -0.25) is 4.90 Å². The van der Waals surface area contributed by atoms with Crippen molar-refractivity contribution in [3.8, 4) is 0 Å². The van der Waals surface area contributed by atoms with Crippen LogP contribution in [0.2, 0.25) is 5.15 Å². The lowest BCUT2D eigenvalue weighted by Gasteiger charge is -2.33. The number of nitrogens with zero attached hydrogens (tertiary/aromatic N) is 4. The van der Waals surface area contributed by atoms with Gasteiger partial charge in [0, 0.05) is 38.6 Å². The minimum absolute atomic E-state index is 0.472. The standard InChI is InChI=1S/C17H21ClN4O2S/c1-20-16(18)13-19-17(20)14-21-8-10-22(11-9-21)25(23,24)12-7-15-5-3-2-4-6-15/h2-7,12-13H,8-11,14H2,1H3/b12-7-. The van der Waals surface area contributed by atoms with E-state index in [2.05, 4.69) is 9.88 Å². The molecule has 1 aliphatic rings. The Bertz CT molecular complexity index is 841. The van der Waals surface area contributed by atoms with Gasteiger partial charge in [0.05, 0.1) is 12.7 Å². The summed E-state index contributed by atoms with van der Waals surface area (Å²) in [5.74, 6) is 0.880. The molecule has 0 aliphatic carbocycles. The molecule has 0 unspecified atom stereocenters. The Labute approximate surface area is 153 Å². The van der Waals surface area contributed by atoms with Gasteiger partial charge in [0.2, 0.25) is 10.0 Å². The minimum Gasteiger partial charge on any atom is -0.321 e. The van der Waals surface area contributed by atoms with Crippen molar-refractivity contribution in [2.45, 2.75) is 6.54 Å². The van der Waals surface area contributed by atoms with E-state index in [0.717, 1.165) is 11.4 Å². The van der Waals surface area contributed by atoms with Crippen LogP contribution in [0.15, 0.2) is 41.9 Å². The van der Waals surface area contributed by atoms with Crippen LogP contribution >= 0.6 is 11.6 Å². The molecule has 134 valence electrons. The van der Waals surface area contributed by atoms with Gasteiger partial charge in [0.25, 0.3) is 0 Å². The molecule has 8 heteroatoms. The van der Waals surface area contributed by atoms with Crippen molar-refractivity contribution in [1.29, 1.82) is 0 Å². The molecular weight excluding hydrogens is 360 g/mol. The highest BCUT2D eigenvalue weighted by atomic mass is 35.5. The number of hydrogen-bond donors (Lipinski definition) is 0. The van der Waals surface area contributed by atoms with E-state index in [9.17, 15) is 8.42 Å². The van der Waals surface area contributed by atoms with E-state index in [1.165, 1.54) is 9.71 Å². The highest BCUT2D eigenvalue weighted by molar-refractivity contribution is 7.92. The Balaban J connectivity index is 1.58. The van der Waals surface area contributed by atoms with Gasteiger partial charge in [-0.05, 0) is 11.6 Å². The first-order valence-electron chi connectivity index (χ1n) is 8.07. The quantitative estimate of drug-likeness (QED) is 0.797. The number of piperazine rings is 1. The fraction of sp³-hybridized carbons (Fsp3) is 0.353. The number of rotatable bonds is 5. The molecule has 1 aromatic carbocycles. The third-order valence-electron chi connectivity index (χ3n) is 4.32. The minimum atomic E-state index is -3.40. The molecule has 1 saturated heterocycles. The Kier molecular flexibility index (Phi) is 5.58. The molecule has 1 fully saturated rings. The maximum Gasteiger partial charge on any atom is 0.236 e. The van der Waals surface area contributed by atoms with Crippen LogP contribution in [-0.2, 0) is 23.6 Å². The molecule has 0 saturated carbocycles. The summed E-state index contributed by atoms with van der Waals surface area (Å²) in [6.45, 7) is 2.95. The van der Waals surface area contributed by atoms with Gasteiger partial charge in [0.15, 0.2) is 0 Å². The Morgan fingerprint density at radius 2 is 1.84 bits per heavy atom. The van der Waals surface area contributed by atoms with Crippen LogP contribution in [0.4, 0.5) is 0 Å². The van der Waals surface area contributed by atoms with Gasteiger partial charge in [-0.1, -0.05) is 41.9 Å². The molecule has 1 aliphatic heterocycles. The van der Waals surface area contributed by atoms with Gasteiger partial charge in [-0.2, -0.15) is 4.31 Å². The molecule has 0 radical (unpaired) electrons. The maximum absolute atomic E-state index is 12.5. The Morgan fingerprint density at radius 1 is 1.16 bits per heavy atom. The Hall–Kier alpha value is -1.67. The highest BCUT2D eigenvalue weighted by Crippen LogP contribution is 2.15. The van der Waals surface area contributed by atoms with E-state index in [1.54, 1.807) is 12.3 Å². The van der Waals surface area contributed by atoms with Crippen molar-refractivity contribution in [2.24, 2.45) is 7.05 Å². The van der Waals surface area contributed by atoms with Crippen molar-refractivity contribution < 1.29 is 8.42 Å². The van der Waals surface area contributed by atoms with Gasteiger partial charge < -0.3 is 4.57 Å². The third kappa shape index (κ3) is 4.49. The topological polar surface area (TPSA) is 58.4 Å². The SMILES string of the molecule is Cn1c(Cl)cnc1CN1CCN(S(=O)(=O)/C=C\c2ccccc2)CC1. The molecule has 6 nitrogen and oxygen atoms in total. The molecule has 0 atom stereocenters. The normalized spacial score (nSPS) is 17.4. The molecule has 0 spiro atoms. The number of aromatic nitrogens is 2. The molecule has 0 N–H and O–H groups in total. The fourth-order valence-electron chi connectivity index (χ4n) is 2.73. The van der Waals surface area contributed by atoms with Crippen molar-refractivity contribution in [3.63, 3.8) is 0 Å². The number of imidazole rings is 1. The lowest BCUT2D eigenvalue weighted by molar-refractivity contribution is 0.178. The largest absolute Gasteiger partial charge is 0.321 e. The molecule has 3 rings (SSSR count). The van der Waals surface area contributed by atoms with Gasteiger partial charge in [0.1, 0.15) is 11.0 Å². The molecule has 2 heterocycles. The summed E-state index contributed by atoms with van der Waals surface area (Å²) in [6.07, 6.45) is 3.27. The lowest BCUT2D eigenvalue weighted by atomic mass is 10.2. The number of sulfonamides is 1. The van der Waals surface area contributed by atoms with Crippen LogP contribution in [0.1, 0.15) is 11.4 Å². The lowest BCUT2D eigenvalue weighted by Crippen LogP contribution is -2.47. The van der Waals surface area contributed by atoms with Crippen LogP contribution in [0.25, 0.3) is 6.08 Å².